The molecule has 28 heavy (non-hydrogen) atoms. The first kappa shape index (κ1) is 20.5. The van der Waals surface area contributed by atoms with E-state index in [1.807, 2.05) is 36.0 Å². The van der Waals surface area contributed by atoms with Crippen LogP contribution in [0.2, 0.25) is 0 Å². The van der Waals surface area contributed by atoms with Gasteiger partial charge in [0.2, 0.25) is 10.0 Å². The molecule has 0 heterocycles. The molecule has 6 nitrogen and oxygen atoms in total. The summed E-state index contributed by atoms with van der Waals surface area (Å²) in [4.78, 5) is 5.57. The number of nitrogens with zero attached hydrogens (tertiary/aromatic N) is 1. The first-order valence-corrected chi connectivity index (χ1v) is 11.8. The summed E-state index contributed by atoms with van der Waals surface area (Å²) in [7, 11) is -1.59. The molecule has 2 aromatic rings. The minimum absolute atomic E-state index is 0.217. The summed E-state index contributed by atoms with van der Waals surface area (Å²) in [5, 5.41) is 6.68. The van der Waals surface area contributed by atoms with Crippen LogP contribution in [0.4, 0.5) is 5.69 Å². The smallest absolute Gasteiger partial charge is 0.229 e. The van der Waals surface area contributed by atoms with Crippen molar-refractivity contribution in [1.29, 1.82) is 0 Å². The molecule has 0 bridgehead atoms. The Hall–Kier alpha value is -2.19. The zero-order chi connectivity index (χ0) is 20.0. The minimum Gasteiger partial charge on any atom is -0.355 e. The van der Waals surface area contributed by atoms with Crippen molar-refractivity contribution in [2.24, 2.45) is 4.99 Å². The maximum Gasteiger partial charge on any atom is 0.229 e. The van der Waals surface area contributed by atoms with Crippen LogP contribution in [0.1, 0.15) is 18.4 Å². The largest absolute Gasteiger partial charge is 0.355 e. The van der Waals surface area contributed by atoms with Crippen molar-refractivity contribution >= 4 is 33.4 Å². The number of thioether (sulfide) groups is 1. The quantitative estimate of drug-likeness (QED) is 0.453. The topological polar surface area (TPSA) is 82.6 Å². The number of hydrogen-bond donors (Lipinski definition) is 3. The van der Waals surface area contributed by atoms with Gasteiger partial charge in [0.05, 0.1) is 11.9 Å². The molecule has 1 fully saturated rings. The number of hydrogen-bond acceptors (Lipinski definition) is 4. The molecule has 1 saturated carbocycles. The van der Waals surface area contributed by atoms with Gasteiger partial charge in [-0.25, -0.2) is 8.42 Å². The molecule has 0 atom stereocenters. The molecule has 8 heteroatoms. The normalized spacial score (nSPS) is 15.7. The van der Waals surface area contributed by atoms with Crippen LogP contribution >= 0.6 is 11.8 Å². The van der Waals surface area contributed by atoms with E-state index in [0.29, 0.717) is 18.2 Å². The maximum atomic E-state index is 11.5. The Labute approximate surface area is 171 Å². The average Bonchev–Trinajstić information content (AvgIpc) is 3.42. The summed E-state index contributed by atoms with van der Waals surface area (Å²) < 4.78 is 25.9. The maximum absolute atomic E-state index is 11.5. The molecule has 0 aromatic heterocycles. The second-order valence-corrected chi connectivity index (χ2v) is 10.2. The molecule has 0 radical (unpaired) electrons. The summed E-state index contributed by atoms with van der Waals surface area (Å²) in [5.74, 6) is 0.703. The van der Waals surface area contributed by atoms with Crippen molar-refractivity contribution in [2.45, 2.75) is 29.0 Å². The first-order valence-electron chi connectivity index (χ1n) is 9.13. The van der Waals surface area contributed by atoms with E-state index in [1.165, 1.54) is 17.7 Å². The van der Waals surface area contributed by atoms with Gasteiger partial charge in [-0.05, 0) is 36.6 Å². The van der Waals surface area contributed by atoms with E-state index < -0.39 is 10.0 Å². The summed E-state index contributed by atoms with van der Waals surface area (Å²) in [6.45, 7) is 1.30. The fraction of sp³-hybridized carbons (Fsp3) is 0.350. The number of benzene rings is 2. The van der Waals surface area contributed by atoms with Crippen molar-refractivity contribution < 1.29 is 8.42 Å². The Morgan fingerprint density at radius 3 is 2.39 bits per heavy atom. The second kappa shape index (κ2) is 8.87. The molecule has 1 aliphatic carbocycles. The number of sulfonamides is 1. The average molecular weight is 419 g/mol. The molecule has 2 aromatic carbocycles. The van der Waals surface area contributed by atoms with E-state index in [9.17, 15) is 8.42 Å². The van der Waals surface area contributed by atoms with Crippen molar-refractivity contribution in [2.75, 3.05) is 24.6 Å². The third-order valence-electron chi connectivity index (χ3n) is 4.45. The monoisotopic (exact) mass is 418 g/mol. The highest BCUT2D eigenvalue weighted by molar-refractivity contribution is 8.01. The second-order valence-electron chi connectivity index (χ2n) is 6.91. The fourth-order valence-corrected chi connectivity index (χ4v) is 4.65. The standard InChI is InChI=1S/C20H26N4O2S2/c1-21-19(22-14-16-8-6-7-11-18(16)24-28(2,25)26)23-15-20(12-13-20)27-17-9-4-3-5-10-17/h3-11,24H,12-15H2,1-2H3,(H2,21,22,23). The van der Waals surface area contributed by atoms with Crippen LogP contribution in [0, 0.1) is 0 Å². The summed E-state index contributed by atoms with van der Waals surface area (Å²) in [6.07, 6.45) is 3.51. The molecule has 0 spiro atoms. The lowest BCUT2D eigenvalue weighted by atomic mass is 10.2. The molecule has 0 aliphatic heterocycles. The molecule has 0 saturated heterocycles. The van der Waals surface area contributed by atoms with Gasteiger partial charge in [0.1, 0.15) is 0 Å². The van der Waals surface area contributed by atoms with Gasteiger partial charge < -0.3 is 10.6 Å². The number of anilines is 1. The minimum atomic E-state index is -3.32. The van der Waals surface area contributed by atoms with Crippen LogP contribution in [-0.4, -0.2) is 39.0 Å². The highest BCUT2D eigenvalue weighted by atomic mass is 32.2. The Morgan fingerprint density at radius 2 is 1.75 bits per heavy atom. The third kappa shape index (κ3) is 6.17. The van der Waals surface area contributed by atoms with Gasteiger partial charge in [-0.3, -0.25) is 9.71 Å². The van der Waals surface area contributed by atoms with Crippen LogP contribution < -0.4 is 15.4 Å². The molecule has 150 valence electrons. The lowest BCUT2D eigenvalue weighted by Crippen LogP contribution is -2.40. The molecule has 1 aliphatic rings. The lowest BCUT2D eigenvalue weighted by Gasteiger charge is -2.19. The van der Waals surface area contributed by atoms with E-state index >= 15 is 0 Å². The summed E-state index contributed by atoms with van der Waals surface area (Å²) in [5.41, 5.74) is 1.43. The van der Waals surface area contributed by atoms with Gasteiger partial charge in [0.25, 0.3) is 0 Å². The number of nitrogens with one attached hydrogen (secondary N) is 3. The van der Waals surface area contributed by atoms with Crippen LogP contribution in [0.5, 0.6) is 0 Å². The van der Waals surface area contributed by atoms with E-state index in [4.69, 9.17) is 0 Å². The van der Waals surface area contributed by atoms with E-state index in [1.54, 1.807) is 13.1 Å². The number of aliphatic imine (C=N–C) groups is 1. The van der Waals surface area contributed by atoms with Crippen molar-refractivity contribution in [1.82, 2.24) is 10.6 Å². The van der Waals surface area contributed by atoms with Gasteiger partial charge in [0.15, 0.2) is 5.96 Å². The van der Waals surface area contributed by atoms with Gasteiger partial charge in [0, 0.05) is 29.8 Å². The highest BCUT2D eigenvalue weighted by Crippen LogP contribution is 2.51. The SMILES string of the molecule is CN=C(NCc1ccccc1NS(C)(=O)=O)NCC1(Sc2ccccc2)CC1. The predicted octanol–water partition coefficient (Wildman–Crippen LogP) is 3.05. The molecular formula is C20H26N4O2S2. The third-order valence-corrected chi connectivity index (χ3v) is 6.53. The van der Waals surface area contributed by atoms with Gasteiger partial charge in [-0.1, -0.05) is 36.4 Å². The molecular weight excluding hydrogens is 392 g/mol. The molecule has 3 N–H and O–H groups in total. The Kier molecular flexibility index (Phi) is 6.51. The van der Waals surface area contributed by atoms with Crippen molar-refractivity contribution in [3.05, 3.63) is 60.2 Å². The number of rotatable bonds is 8. The number of para-hydroxylation sites is 1. The van der Waals surface area contributed by atoms with Crippen LogP contribution in [0.3, 0.4) is 0 Å². The van der Waals surface area contributed by atoms with Gasteiger partial charge in [-0.2, -0.15) is 0 Å². The first-order chi connectivity index (χ1) is 13.4. The van der Waals surface area contributed by atoms with Crippen molar-refractivity contribution in [3.63, 3.8) is 0 Å². The van der Waals surface area contributed by atoms with Gasteiger partial charge in [-0.15, -0.1) is 11.8 Å². The van der Waals surface area contributed by atoms with E-state index in [-0.39, 0.29) is 4.75 Å². The fourth-order valence-electron chi connectivity index (χ4n) is 2.81. The van der Waals surface area contributed by atoms with Crippen LogP contribution in [0.25, 0.3) is 0 Å². The molecule has 0 unspecified atom stereocenters. The zero-order valence-corrected chi connectivity index (χ0v) is 17.7. The Morgan fingerprint density at radius 1 is 1.07 bits per heavy atom. The van der Waals surface area contributed by atoms with E-state index in [2.05, 4.69) is 44.6 Å². The zero-order valence-electron chi connectivity index (χ0n) is 16.1. The Balaban J connectivity index is 1.55. The van der Waals surface area contributed by atoms with E-state index in [0.717, 1.165) is 18.4 Å². The molecule has 0 amide bonds. The predicted molar refractivity (Wildman–Crippen MR) is 117 cm³/mol. The van der Waals surface area contributed by atoms with Gasteiger partial charge >= 0.3 is 0 Å². The van der Waals surface area contributed by atoms with Crippen molar-refractivity contribution in [3.8, 4) is 0 Å². The highest BCUT2D eigenvalue weighted by Gasteiger charge is 2.43. The van der Waals surface area contributed by atoms with Crippen LogP contribution in [0.15, 0.2) is 64.5 Å². The Bertz CT molecular complexity index is 926. The summed E-state index contributed by atoms with van der Waals surface area (Å²) in [6, 6.07) is 17.8. The number of guanidine groups is 1. The van der Waals surface area contributed by atoms with Crippen LogP contribution in [-0.2, 0) is 16.6 Å². The summed E-state index contributed by atoms with van der Waals surface area (Å²) >= 11 is 1.91. The lowest BCUT2D eigenvalue weighted by molar-refractivity contribution is 0.606. The molecule has 3 rings (SSSR count).